The van der Waals surface area contributed by atoms with Gasteiger partial charge in [-0.15, -0.1) is 0 Å². The van der Waals surface area contributed by atoms with Crippen molar-refractivity contribution in [3.05, 3.63) is 69.6 Å². The van der Waals surface area contributed by atoms with Gasteiger partial charge < -0.3 is 20.3 Å². The van der Waals surface area contributed by atoms with Gasteiger partial charge in [-0.05, 0) is 18.1 Å². The van der Waals surface area contributed by atoms with Gasteiger partial charge in [0.15, 0.2) is 0 Å². The number of rotatable bonds is 6. The molecule has 1 aliphatic carbocycles. The Morgan fingerprint density at radius 1 is 1.31 bits per heavy atom. The number of aromatic nitrogens is 1. The first kappa shape index (κ1) is 17.9. The lowest BCUT2D eigenvalue weighted by atomic mass is 10.1. The summed E-state index contributed by atoms with van der Waals surface area (Å²) in [4.78, 5) is 40.8. The number of nitrogens with zero attached hydrogens (tertiary/aromatic N) is 1. The number of benzene rings is 1. The van der Waals surface area contributed by atoms with Crippen molar-refractivity contribution < 1.29 is 14.7 Å². The Hall–Kier alpha value is -2.93. The lowest BCUT2D eigenvalue weighted by Gasteiger charge is -2.17. The van der Waals surface area contributed by atoms with Gasteiger partial charge >= 0.3 is 0 Å². The summed E-state index contributed by atoms with van der Waals surface area (Å²) >= 11 is 0. The first-order valence-electron chi connectivity index (χ1n) is 8.43. The van der Waals surface area contributed by atoms with Gasteiger partial charge in [0, 0.05) is 38.4 Å². The molecular formula is C19H21N3O4. The van der Waals surface area contributed by atoms with Gasteiger partial charge in [-0.25, -0.2) is 0 Å². The van der Waals surface area contributed by atoms with Crippen LogP contribution in [0.4, 0.5) is 0 Å². The molecule has 2 atom stereocenters. The summed E-state index contributed by atoms with van der Waals surface area (Å²) in [6.07, 6.45) is 2.03. The average Bonchev–Trinajstić information content (AvgIpc) is 3.40. The summed E-state index contributed by atoms with van der Waals surface area (Å²) in [6, 6.07) is 10.7. The maximum absolute atomic E-state index is 12.6. The van der Waals surface area contributed by atoms with Crippen molar-refractivity contribution in [1.29, 1.82) is 0 Å². The highest BCUT2D eigenvalue weighted by atomic mass is 16.3. The Morgan fingerprint density at radius 2 is 2.04 bits per heavy atom. The molecule has 0 bridgehead atoms. The first-order chi connectivity index (χ1) is 12.5. The number of carbonyl (C=O) groups excluding carboxylic acids is 2. The van der Waals surface area contributed by atoms with Crippen LogP contribution >= 0.6 is 0 Å². The second kappa shape index (κ2) is 7.53. The minimum atomic E-state index is -0.536. The standard InChI is InChI=1S/C19H21N3O4/c1-22(10-12-5-3-2-4-6-12)19(26)15-7-13(9-20-18(15)25)17(24)21-16-8-14(16)11-23/h2-7,9,14,16,23H,8,10-11H2,1H3,(H,20,25)(H,21,24). The van der Waals surface area contributed by atoms with Crippen LogP contribution in [0.5, 0.6) is 0 Å². The van der Waals surface area contributed by atoms with Gasteiger partial charge in [-0.2, -0.15) is 0 Å². The van der Waals surface area contributed by atoms with E-state index >= 15 is 0 Å². The first-order valence-corrected chi connectivity index (χ1v) is 8.43. The highest BCUT2D eigenvalue weighted by Crippen LogP contribution is 2.29. The Kier molecular flexibility index (Phi) is 5.18. The number of nitrogens with one attached hydrogen (secondary N) is 2. The Morgan fingerprint density at radius 3 is 2.69 bits per heavy atom. The molecule has 136 valence electrons. The average molecular weight is 355 g/mol. The summed E-state index contributed by atoms with van der Waals surface area (Å²) < 4.78 is 0. The van der Waals surface area contributed by atoms with Crippen molar-refractivity contribution in [2.75, 3.05) is 13.7 Å². The molecule has 1 aromatic carbocycles. The van der Waals surface area contributed by atoms with Crippen LogP contribution in [-0.4, -0.2) is 46.5 Å². The lowest BCUT2D eigenvalue weighted by molar-refractivity contribution is 0.0783. The summed E-state index contributed by atoms with van der Waals surface area (Å²) in [5.41, 5.74) is 0.541. The summed E-state index contributed by atoms with van der Waals surface area (Å²) in [5, 5.41) is 11.8. The molecule has 1 saturated carbocycles. The van der Waals surface area contributed by atoms with Crippen molar-refractivity contribution in [2.24, 2.45) is 5.92 Å². The minimum absolute atomic E-state index is 0.0323. The van der Waals surface area contributed by atoms with Crippen LogP contribution in [0.25, 0.3) is 0 Å². The van der Waals surface area contributed by atoms with Crippen LogP contribution in [0.1, 0.15) is 32.7 Å². The molecule has 7 nitrogen and oxygen atoms in total. The smallest absolute Gasteiger partial charge is 0.260 e. The molecule has 1 heterocycles. The van der Waals surface area contributed by atoms with Crippen molar-refractivity contribution in [3.63, 3.8) is 0 Å². The molecule has 0 aliphatic heterocycles. The van der Waals surface area contributed by atoms with E-state index in [1.807, 2.05) is 30.3 Å². The third-order valence-corrected chi connectivity index (χ3v) is 4.48. The zero-order valence-corrected chi connectivity index (χ0v) is 14.4. The van der Waals surface area contributed by atoms with E-state index in [0.29, 0.717) is 6.54 Å². The molecule has 7 heteroatoms. The molecule has 2 amide bonds. The molecule has 0 radical (unpaired) electrons. The largest absolute Gasteiger partial charge is 0.396 e. The Labute approximate surface area is 150 Å². The molecule has 2 aromatic rings. The third-order valence-electron chi connectivity index (χ3n) is 4.48. The van der Waals surface area contributed by atoms with Gasteiger partial charge in [-0.1, -0.05) is 30.3 Å². The summed E-state index contributed by atoms with van der Waals surface area (Å²) in [6.45, 7) is 0.389. The van der Waals surface area contributed by atoms with E-state index in [9.17, 15) is 14.4 Å². The van der Waals surface area contributed by atoms with Crippen molar-refractivity contribution in [1.82, 2.24) is 15.2 Å². The second-order valence-electron chi connectivity index (χ2n) is 6.54. The van der Waals surface area contributed by atoms with Crippen molar-refractivity contribution >= 4 is 11.8 Å². The summed E-state index contributed by atoms with van der Waals surface area (Å²) in [5.74, 6) is -0.744. The number of hydrogen-bond acceptors (Lipinski definition) is 4. The second-order valence-corrected chi connectivity index (χ2v) is 6.54. The van der Waals surface area contributed by atoms with Gasteiger partial charge in [0.25, 0.3) is 17.4 Å². The number of amides is 2. The number of aliphatic hydroxyl groups excluding tert-OH is 1. The predicted molar refractivity (Wildman–Crippen MR) is 95.7 cm³/mol. The van der Waals surface area contributed by atoms with E-state index in [-0.39, 0.29) is 35.6 Å². The maximum atomic E-state index is 12.6. The maximum Gasteiger partial charge on any atom is 0.260 e. The van der Waals surface area contributed by atoms with Crippen molar-refractivity contribution in [3.8, 4) is 0 Å². The fourth-order valence-corrected chi connectivity index (χ4v) is 2.79. The van der Waals surface area contributed by atoms with Crippen LogP contribution in [0, 0.1) is 5.92 Å². The molecule has 0 spiro atoms. The van der Waals surface area contributed by atoms with Gasteiger partial charge in [0.1, 0.15) is 5.56 Å². The lowest BCUT2D eigenvalue weighted by Crippen LogP contribution is -2.33. The van der Waals surface area contributed by atoms with Crippen molar-refractivity contribution in [2.45, 2.75) is 19.0 Å². The van der Waals surface area contributed by atoms with Crippen LogP contribution in [0.2, 0.25) is 0 Å². The highest BCUT2D eigenvalue weighted by molar-refractivity contribution is 5.99. The topological polar surface area (TPSA) is 102 Å². The van der Waals surface area contributed by atoms with E-state index in [1.54, 1.807) is 7.05 Å². The fraction of sp³-hybridized carbons (Fsp3) is 0.316. The molecule has 26 heavy (non-hydrogen) atoms. The molecule has 1 aromatic heterocycles. The number of hydrogen-bond donors (Lipinski definition) is 3. The predicted octanol–water partition coefficient (Wildman–Crippen LogP) is 0.758. The van der Waals surface area contributed by atoms with Crippen LogP contribution in [-0.2, 0) is 6.54 Å². The monoisotopic (exact) mass is 355 g/mol. The molecule has 1 fully saturated rings. The highest BCUT2D eigenvalue weighted by Gasteiger charge is 2.37. The van der Waals surface area contributed by atoms with E-state index in [0.717, 1.165) is 12.0 Å². The number of aromatic amines is 1. The van der Waals surface area contributed by atoms with E-state index in [2.05, 4.69) is 10.3 Å². The number of H-pyrrole nitrogens is 1. The minimum Gasteiger partial charge on any atom is -0.396 e. The quantitative estimate of drug-likeness (QED) is 0.712. The van der Waals surface area contributed by atoms with Gasteiger partial charge in [-0.3, -0.25) is 14.4 Å². The van der Waals surface area contributed by atoms with E-state index in [1.165, 1.54) is 17.2 Å². The number of pyridine rings is 1. The number of aliphatic hydroxyl groups is 1. The zero-order valence-electron chi connectivity index (χ0n) is 14.4. The fourth-order valence-electron chi connectivity index (χ4n) is 2.79. The van der Waals surface area contributed by atoms with Gasteiger partial charge in [0.2, 0.25) is 0 Å². The SMILES string of the molecule is CN(Cc1ccccc1)C(=O)c1cc(C(=O)NC2CC2CO)c[nH]c1=O. The van der Waals surface area contributed by atoms with Gasteiger partial charge in [0.05, 0.1) is 5.56 Å². The molecular weight excluding hydrogens is 334 g/mol. The van der Waals surface area contributed by atoms with Crippen LogP contribution in [0.3, 0.4) is 0 Å². The number of carbonyl (C=O) groups is 2. The van der Waals surface area contributed by atoms with E-state index < -0.39 is 11.5 Å². The third kappa shape index (κ3) is 4.00. The Bertz CT molecular complexity index is 863. The Balaban J connectivity index is 1.73. The molecule has 0 saturated heterocycles. The molecule has 3 rings (SSSR count). The molecule has 3 N–H and O–H groups in total. The zero-order chi connectivity index (χ0) is 18.7. The van der Waals surface area contributed by atoms with Crippen LogP contribution in [0.15, 0.2) is 47.4 Å². The normalized spacial score (nSPS) is 18.2. The van der Waals surface area contributed by atoms with E-state index in [4.69, 9.17) is 5.11 Å². The molecule has 1 aliphatic rings. The van der Waals surface area contributed by atoms with Crippen LogP contribution < -0.4 is 10.9 Å². The molecule has 2 unspecified atom stereocenters. The summed E-state index contributed by atoms with van der Waals surface area (Å²) in [7, 11) is 1.61.